The summed E-state index contributed by atoms with van der Waals surface area (Å²) in [5.74, 6) is -0.233. The van der Waals surface area contributed by atoms with Gasteiger partial charge in [-0.3, -0.25) is 4.79 Å². The topological polar surface area (TPSA) is 147 Å². The third kappa shape index (κ3) is 4.49. The van der Waals surface area contributed by atoms with Gasteiger partial charge in [0.1, 0.15) is 33.8 Å². The molecule has 0 unspecified atom stereocenters. The van der Waals surface area contributed by atoms with E-state index in [0.717, 1.165) is 11.8 Å². The maximum absolute atomic E-state index is 12.2. The van der Waals surface area contributed by atoms with Gasteiger partial charge in [0.25, 0.3) is 0 Å². The highest BCUT2D eigenvalue weighted by atomic mass is 32.2. The number of pyridine rings is 1. The number of rotatable bonds is 7. The summed E-state index contributed by atoms with van der Waals surface area (Å²) in [7, 11) is 0. The zero-order chi connectivity index (χ0) is 22.6. The minimum absolute atomic E-state index is 0.113. The maximum atomic E-state index is 12.2. The van der Waals surface area contributed by atoms with Gasteiger partial charge in [-0.05, 0) is 24.0 Å². The summed E-state index contributed by atoms with van der Waals surface area (Å²) in [4.78, 5) is 18.5. The van der Waals surface area contributed by atoms with Crippen LogP contribution in [-0.4, -0.2) is 46.4 Å². The van der Waals surface area contributed by atoms with Crippen LogP contribution in [-0.2, 0) is 11.2 Å². The molecule has 1 aromatic carbocycles. The van der Waals surface area contributed by atoms with Gasteiger partial charge in [0.15, 0.2) is 0 Å². The summed E-state index contributed by atoms with van der Waals surface area (Å²) in [6, 6.07) is 13.3. The van der Waals surface area contributed by atoms with E-state index in [9.17, 15) is 25.5 Å². The van der Waals surface area contributed by atoms with Gasteiger partial charge in [0, 0.05) is 6.54 Å². The van der Waals surface area contributed by atoms with Crippen LogP contribution in [0.4, 0.5) is 5.82 Å². The molecule has 31 heavy (non-hydrogen) atoms. The standard InChI is InChI=1S/C22H23N5O3S/c1-2-15-16(10-23)20(27-9-8-22(30,12-27)13-28)26-21(17(15)11-24)31-18(19(25)29)14-6-4-3-5-7-14/h3-7,18,28,30H,2,8-9,12-13H2,1H3,(H2,25,29)/t18-,22-/m1/s1. The first-order valence-corrected chi connectivity index (χ1v) is 10.7. The van der Waals surface area contributed by atoms with E-state index in [1.807, 2.05) is 13.0 Å². The van der Waals surface area contributed by atoms with Crippen molar-refractivity contribution in [2.75, 3.05) is 24.6 Å². The number of carbonyl (C=O) groups is 1. The van der Waals surface area contributed by atoms with Gasteiger partial charge in [0.2, 0.25) is 5.91 Å². The molecule has 1 aromatic heterocycles. The molecule has 0 saturated carbocycles. The molecule has 0 radical (unpaired) electrons. The number of nitrogens with two attached hydrogens (primary N) is 1. The number of aliphatic hydroxyl groups is 2. The quantitative estimate of drug-likeness (QED) is 0.554. The van der Waals surface area contributed by atoms with Gasteiger partial charge in [0.05, 0.1) is 24.3 Å². The fourth-order valence-corrected chi connectivity index (χ4v) is 4.75. The highest BCUT2D eigenvalue weighted by Crippen LogP contribution is 2.40. The minimum atomic E-state index is -1.28. The summed E-state index contributed by atoms with van der Waals surface area (Å²) in [5.41, 5.74) is 6.11. The number of β-amino-alcohol motifs (C(OH)–C–C–N with tert-alkyl or cyclic N) is 1. The number of carbonyl (C=O) groups excluding carboxylic acids is 1. The summed E-state index contributed by atoms with van der Waals surface area (Å²) in [5, 5.41) is 39.1. The van der Waals surface area contributed by atoms with Crippen molar-refractivity contribution in [1.82, 2.24) is 4.98 Å². The Balaban J connectivity index is 2.13. The number of aliphatic hydroxyl groups excluding tert-OH is 1. The van der Waals surface area contributed by atoms with E-state index in [-0.39, 0.29) is 17.7 Å². The molecule has 1 aliphatic heterocycles. The maximum Gasteiger partial charge on any atom is 0.235 e. The van der Waals surface area contributed by atoms with Gasteiger partial charge in [-0.1, -0.05) is 49.0 Å². The summed E-state index contributed by atoms with van der Waals surface area (Å²) >= 11 is 1.07. The summed E-state index contributed by atoms with van der Waals surface area (Å²) < 4.78 is 0. The lowest BCUT2D eigenvalue weighted by molar-refractivity contribution is -0.117. The van der Waals surface area contributed by atoms with Crippen molar-refractivity contribution in [3.63, 3.8) is 0 Å². The van der Waals surface area contributed by atoms with Crippen LogP contribution in [0.2, 0.25) is 0 Å². The Labute approximate surface area is 184 Å². The molecule has 1 saturated heterocycles. The molecule has 2 atom stereocenters. The number of amides is 1. The second-order valence-electron chi connectivity index (χ2n) is 7.41. The number of nitrogens with zero attached hydrogens (tertiary/aromatic N) is 4. The Kier molecular flexibility index (Phi) is 6.81. The van der Waals surface area contributed by atoms with Crippen LogP contribution in [0.15, 0.2) is 35.4 Å². The van der Waals surface area contributed by atoms with Crippen molar-refractivity contribution in [1.29, 1.82) is 10.5 Å². The Morgan fingerprint density at radius 2 is 2.00 bits per heavy atom. The van der Waals surface area contributed by atoms with E-state index < -0.39 is 23.4 Å². The van der Waals surface area contributed by atoms with Crippen molar-refractivity contribution >= 4 is 23.5 Å². The predicted molar refractivity (Wildman–Crippen MR) is 116 cm³/mol. The van der Waals surface area contributed by atoms with Crippen molar-refractivity contribution in [3.8, 4) is 12.1 Å². The molecule has 2 heterocycles. The van der Waals surface area contributed by atoms with Crippen LogP contribution in [0, 0.1) is 22.7 Å². The zero-order valence-electron chi connectivity index (χ0n) is 17.1. The van der Waals surface area contributed by atoms with Crippen LogP contribution in [0.1, 0.15) is 40.8 Å². The number of hydrogen-bond donors (Lipinski definition) is 3. The molecule has 1 aliphatic rings. The van der Waals surface area contributed by atoms with Gasteiger partial charge >= 0.3 is 0 Å². The third-order valence-electron chi connectivity index (χ3n) is 5.34. The highest BCUT2D eigenvalue weighted by Gasteiger charge is 2.38. The lowest BCUT2D eigenvalue weighted by Gasteiger charge is -2.24. The number of primary amides is 1. The Morgan fingerprint density at radius 1 is 1.32 bits per heavy atom. The molecule has 9 heteroatoms. The van der Waals surface area contributed by atoms with Gasteiger partial charge in [-0.25, -0.2) is 4.98 Å². The van der Waals surface area contributed by atoms with Gasteiger partial charge < -0.3 is 20.8 Å². The van der Waals surface area contributed by atoms with E-state index in [1.54, 1.807) is 29.2 Å². The Morgan fingerprint density at radius 3 is 2.52 bits per heavy atom. The molecule has 3 rings (SSSR count). The average Bonchev–Trinajstić information content (AvgIpc) is 3.19. The van der Waals surface area contributed by atoms with Crippen molar-refractivity contribution in [2.45, 2.75) is 35.6 Å². The van der Waals surface area contributed by atoms with Crippen LogP contribution in [0.5, 0.6) is 0 Å². The van der Waals surface area contributed by atoms with E-state index >= 15 is 0 Å². The van der Waals surface area contributed by atoms with Crippen LogP contribution >= 0.6 is 11.8 Å². The first-order chi connectivity index (χ1) is 14.9. The first-order valence-electron chi connectivity index (χ1n) is 9.83. The monoisotopic (exact) mass is 437 g/mol. The normalized spacial score (nSPS) is 18.9. The second kappa shape index (κ2) is 9.36. The Bertz CT molecular complexity index is 1060. The van der Waals surface area contributed by atoms with E-state index in [4.69, 9.17) is 5.73 Å². The number of anilines is 1. The van der Waals surface area contributed by atoms with Gasteiger partial charge in [-0.2, -0.15) is 10.5 Å². The molecule has 0 spiro atoms. The molecule has 2 aromatic rings. The number of thioether (sulfide) groups is 1. The molecular formula is C22H23N5O3S. The number of hydrogen-bond acceptors (Lipinski definition) is 8. The van der Waals surface area contributed by atoms with Crippen molar-refractivity contribution in [2.24, 2.45) is 5.73 Å². The predicted octanol–water partition coefficient (Wildman–Crippen LogP) is 1.64. The number of aromatic nitrogens is 1. The first kappa shape index (κ1) is 22.6. The smallest absolute Gasteiger partial charge is 0.235 e. The number of nitriles is 2. The minimum Gasteiger partial charge on any atom is -0.393 e. The molecule has 0 bridgehead atoms. The molecule has 160 valence electrons. The summed E-state index contributed by atoms with van der Waals surface area (Å²) in [6.07, 6.45) is 0.744. The van der Waals surface area contributed by atoms with Gasteiger partial charge in [-0.15, -0.1) is 0 Å². The molecule has 0 aliphatic carbocycles. The largest absolute Gasteiger partial charge is 0.393 e. The lowest BCUT2D eigenvalue weighted by Crippen LogP contribution is -2.37. The zero-order valence-corrected chi connectivity index (χ0v) is 17.9. The highest BCUT2D eigenvalue weighted by molar-refractivity contribution is 8.00. The summed E-state index contributed by atoms with van der Waals surface area (Å²) in [6.45, 7) is 1.95. The van der Waals surface area contributed by atoms with E-state index in [2.05, 4.69) is 17.1 Å². The Hall–Kier alpha value is -3.11. The molecular weight excluding hydrogens is 414 g/mol. The molecule has 4 N–H and O–H groups in total. The van der Waals surface area contributed by atoms with Crippen LogP contribution in [0.25, 0.3) is 0 Å². The number of benzene rings is 1. The fourth-order valence-electron chi connectivity index (χ4n) is 3.69. The average molecular weight is 438 g/mol. The molecule has 1 amide bonds. The molecule has 8 nitrogen and oxygen atoms in total. The van der Waals surface area contributed by atoms with Crippen molar-refractivity contribution in [3.05, 3.63) is 52.6 Å². The van der Waals surface area contributed by atoms with E-state index in [0.29, 0.717) is 41.4 Å². The fraction of sp³-hybridized carbons (Fsp3) is 0.364. The third-order valence-corrected chi connectivity index (χ3v) is 6.60. The SMILES string of the molecule is CCc1c(C#N)c(S[C@@H](C(N)=O)c2ccccc2)nc(N2CC[C@](O)(CO)C2)c1C#N. The molecule has 1 fully saturated rings. The van der Waals surface area contributed by atoms with Crippen molar-refractivity contribution < 1.29 is 15.0 Å². The van der Waals surface area contributed by atoms with Crippen LogP contribution < -0.4 is 10.6 Å². The second-order valence-corrected chi connectivity index (χ2v) is 8.51. The van der Waals surface area contributed by atoms with Crippen LogP contribution in [0.3, 0.4) is 0 Å². The van der Waals surface area contributed by atoms with E-state index in [1.165, 1.54) is 0 Å². The lowest BCUT2D eigenvalue weighted by atomic mass is 10.0.